The fourth-order valence-corrected chi connectivity index (χ4v) is 0.878. The van der Waals surface area contributed by atoms with E-state index in [9.17, 15) is 13.2 Å². The van der Waals surface area contributed by atoms with Crippen LogP contribution in [0, 0.1) is 6.54 Å². The van der Waals surface area contributed by atoms with Crippen molar-refractivity contribution in [2.24, 2.45) is 0 Å². The summed E-state index contributed by atoms with van der Waals surface area (Å²) in [5.74, 6) is 0. The summed E-state index contributed by atoms with van der Waals surface area (Å²) >= 11 is 0.866. The molecule has 1 rings (SSSR count). The molecule has 0 fully saturated rings. The van der Waals surface area contributed by atoms with E-state index >= 15 is 0 Å². The highest BCUT2D eigenvalue weighted by Gasteiger charge is 2.35. The van der Waals surface area contributed by atoms with Crippen molar-refractivity contribution in [2.75, 3.05) is 0 Å². The Morgan fingerprint density at radius 2 is 2.22 bits per heavy atom. The van der Waals surface area contributed by atoms with Gasteiger partial charge in [-0.25, -0.2) is 4.72 Å². The Balaban J connectivity index is 2.61. The first-order chi connectivity index (χ1) is 4.11. The van der Waals surface area contributed by atoms with Crippen molar-refractivity contribution in [3.8, 4) is 0 Å². The molecule has 0 aromatic heterocycles. The van der Waals surface area contributed by atoms with Gasteiger partial charge in [-0.3, -0.25) is 0 Å². The van der Waals surface area contributed by atoms with Crippen molar-refractivity contribution >= 4 is 11.9 Å². The van der Waals surface area contributed by atoms with E-state index in [2.05, 4.69) is 4.72 Å². The monoisotopic (exact) mass is 153 g/mol. The average Bonchev–Trinajstić information content (AvgIpc) is 2.08. The molecule has 2 radical (unpaired) electrons. The molecule has 0 atom stereocenters. The highest BCUT2D eigenvalue weighted by atomic mass is 32.2. The molecule has 1 aliphatic heterocycles. The van der Waals surface area contributed by atoms with Gasteiger partial charge in [-0.2, -0.15) is 13.2 Å². The number of alkyl halides is 3. The summed E-state index contributed by atoms with van der Waals surface area (Å²) in [6, 6.07) is 0. The first-order valence-corrected chi connectivity index (χ1v) is 2.93. The first kappa shape index (κ1) is 6.95. The number of hydrogen-bond acceptors (Lipinski definition) is 2. The van der Waals surface area contributed by atoms with Crippen molar-refractivity contribution in [2.45, 2.75) is 6.18 Å². The summed E-state index contributed by atoms with van der Waals surface area (Å²) < 4.78 is 37.0. The van der Waals surface area contributed by atoms with E-state index in [0.717, 1.165) is 17.4 Å². The lowest BCUT2D eigenvalue weighted by atomic mass is 10.3. The summed E-state index contributed by atoms with van der Waals surface area (Å²) in [7, 11) is 0. The summed E-state index contributed by atoms with van der Waals surface area (Å²) in [5.41, 5.74) is -0.743. The summed E-state index contributed by atoms with van der Waals surface area (Å²) in [5, 5.41) is 0.972. The molecule has 5 heteroatoms. The number of nitrogens with one attached hydrogen (secondary N) is 1. The zero-order chi connectivity index (χ0) is 6.91. The Morgan fingerprint density at radius 3 is 2.44 bits per heavy atom. The van der Waals surface area contributed by atoms with Crippen molar-refractivity contribution in [1.29, 1.82) is 0 Å². The largest absolute Gasteiger partial charge is 0.415 e. The van der Waals surface area contributed by atoms with Gasteiger partial charge in [0, 0.05) is 0 Å². The van der Waals surface area contributed by atoms with Crippen LogP contribution >= 0.6 is 11.9 Å². The van der Waals surface area contributed by atoms with Gasteiger partial charge in [0.1, 0.15) is 6.54 Å². The van der Waals surface area contributed by atoms with Gasteiger partial charge in [0.05, 0.1) is 5.57 Å². The van der Waals surface area contributed by atoms with Crippen LogP contribution < -0.4 is 4.72 Å². The Labute approximate surface area is 54.4 Å². The SMILES string of the molecule is FC(F)(F)C1=CSN[C]1. The van der Waals surface area contributed by atoms with Crippen LogP contribution in [0.4, 0.5) is 13.2 Å². The van der Waals surface area contributed by atoms with Crippen molar-refractivity contribution < 1.29 is 13.2 Å². The third kappa shape index (κ3) is 1.62. The van der Waals surface area contributed by atoms with Gasteiger partial charge < -0.3 is 0 Å². The molecule has 0 aromatic rings. The minimum atomic E-state index is -4.25. The molecule has 1 nitrogen and oxygen atoms in total. The average molecular weight is 153 g/mol. The maximum absolute atomic E-state index is 11.6. The van der Waals surface area contributed by atoms with Crippen LogP contribution in [0.3, 0.4) is 0 Å². The van der Waals surface area contributed by atoms with Gasteiger partial charge in [0.15, 0.2) is 0 Å². The molecule has 0 saturated carbocycles. The standard InChI is InChI=1S/C4H2F3NS/c5-4(6,7)3-1-8-9-2-3/h2,8H. The number of rotatable bonds is 0. The Morgan fingerprint density at radius 1 is 1.56 bits per heavy atom. The van der Waals surface area contributed by atoms with Gasteiger partial charge >= 0.3 is 6.18 Å². The predicted molar refractivity (Wildman–Crippen MR) is 28.1 cm³/mol. The van der Waals surface area contributed by atoms with E-state index in [1.807, 2.05) is 6.54 Å². The summed E-state index contributed by atoms with van der Waals surface area (Å²) in [6.45, 7) is 1.95. The highest BCUT2D eigenvalue weighted by molar-refractivity contribution is 8.00. The second kappa shape index (κ2) is 2.22. The third-order valence-corrected chi connectivity index (χ3v) is 1.30. The maximum Gasteiger partial charge on any atom is 0.415 e. The summed E-state index contributed by atoms with van der Waals surface area (Å²) in [4.78, 5) is 0. The Hall–Kier alpha value is -0.160. The van der Waals surface area contributed by atoms with Crippen molar-refractivity contribution in [1.82, 2.24) is 4.72 Å². The Kier molecular flexibility index (Phi) is 1.72. The van der Waals surface area contributed by atoms with Crippen LogP contribution in [0.25, 0.3) is 0 Å². The topological polar surface area (TPSA) is 12.0 Å². The fraction of sp³-hybridized carbons (Fsp3) is 0.250. The second-order valence-corrected chi connectivity index (χ2v) is 2.05. The van der Waals surface area contributed by atoms with Gasteiger partial charge in [0.25, 0.3) is 0 Å². The molecule has 1 heterocycles. The molecule has 1 aliphatic rings. The van der Waals surface area contributed by atoms with Gasteiger partial charge in [-0.15, -0.1) is 0 Å². The Bertz CT molecular complexity index is 139. The molecule has 0 bridgehead atoms. The van der Waals surface area contributed by atoms with Crippen LogP contribution in [-0.2, 0) is 0 Å². The zero-order valence-corrected chi connectivity index (χ0v) is 4.94. The fourth-order valence-electron chi connectivity index (χ4n) is 0.340. The van der Waals surface area contributed by atoms with Crippen molar-refractivity contribution in [3.63, 3.8) is 0 Å². The third-order valence-electron chi connectivity index (χ3n) is 0.727. The zero-order valence-electron chi connectivity index (χ0n) is 4.12. The van der Waals surface area contributed by atoms with E-state index in [4.69, 9.17) is 0 Å². The molecule has 0 amide bonds. The minimum Gasteiger partial charge on any atom is -0.245 e. The minimum absolute atomic E-state index is 0.743. The molecule has 1 N–H and O–H groups in total. The van der Waals surface area contributed by atoms with E-state index in [1.165, 1.54) is 0 Å². The van der Waals surface area contributed by atoms with Gasteiger partial charge in [-0.1, -0.05) is 11.9 Å². The molecule has 0 aromatic carbocycles. The quantitative estimate of drug-likeness (QED) is 0.532. The van der Waals surface area contributed by atoms with Crippen LogP contribution in [0.1, 0.15) is 0 Å². The van der Waals surface area contributed by atoms with E-state index in [1.54, 1.807) is 0 Å². The van der Waals surface area contributed by atoms with Crippen molar-refractivity contribution in [3.05, 3.63) is 17.5 Å². The molecular weight excluding hydrogens is 151 g/mol. The van der Waals surface area contributed by atoms with Gasteiger partial charge in [0.2, 0.25) is 0 Å². The molecule has 50 valence electrons. The lowest BCUT2D eigenvalue weighted by molar-refractivity contribution is -0.0895. The summed E-state index contributed by atoms with van der Waals surface area (Å²) in [6.07, 6.45) is -4.25. The predicted octanol–water partition coefficient (Wildman–Crippen LogP) is 1.72. The van der Waals surface area contributed by atoms with E-state index in [0.29, 0.717) is 0 Å². The lowest BCUT2D eigenvalue weighted by Crippen LogP contribution is -2.12. The molecule has 0 saturated heterocycles. The normalized spacial score (nSPS) is 20.1. The highest BCUT2D eigenvalue weighted by Crippen LogP contribution is 2.31. The second-order valence-electron chi connectivity index (χ2n) is 1.37. The lowest BCUT2D eigenvalue weighted by Gasteiger charge is -2.02. The molecule has 0 aliphatic carbocycles. The number of hydrogen-bond donors (Lipinski definition) is 1. The molecule has 0 unspecified atom stereocenters. The molecule has 9 heavy (non-hydrogen) atoms. The van der Waals surface area contributed by atoms with E-state index in [-0.39, 0.29) is 0 Å². The smallest absolute Gasteiger partial charge is 0.245 e. The van der Waals surface area contributed by atoms with Crippen LogP contribution in [0.2, 0.25) is 0 Å². The maximum atomic E-state index is 11.6. The van der Waals surface area contributed by atoms with Gasteiger partial charge in [-0.05, 0) is 5.41 Å². The van der Waals surface area contributed by atoms with E-state index < -0.39 is 11.7 Å². The van der Waals surface area contributed by atoms with Crippen LogP contribution in [0.15, 0.2) is 11.0 Å². The first-order valence-electron chi connectivity index (χ1n) is 2.05. The molecule has 0 spiro atoms. The van der Waals surface area contributed by atoms with Crippen LogP contribution in [0.5, 0.6) is 0 Å². The number of halogens is 3. The van der Waals surface area contributed by atoms with Crippen LogP contribution in [-0.4, -0.2) is 6.18 Å². The molecular formula is C4H2F3NS.